The molecule has 0 saturated carbocycles. The van der Waals surface area contributed by atoms with Crippen molar-refractivity contribution >= 4 is 21.7 Å². The van der Waals surface area contributed by atoms with Crippen LogP contribution in [0.15, 0.2) is 23.1 Å². The molecule has 0 amide bonds. The lowest BCUT2D eigenvalue weighted by Gasteiger charge is -2.20. The standard InChI is InChI=1S/C19H24N2O4S/c1-4-25-19(22)17-12(2)20-13(3)18(17)26(23,24)21-16-11-7-9-14-8-5-6-10-15(14)16/h7,9,11,20-21H,4-6,8,10H2,1-3H3. The molecule has 2 aromatic rings. The van der Waals surface area contributed by atoms with Crippen LogP contribution in [0.2, 0.25) is 0 Å². The molecule has 1 aromatic heterocycles. The topological polar surface area (TPSA) is 88.3 Å². The molecule has 7 heteroatoms. The van der Waals surface area contributed by atoms with Gasteiger partial charge in [-0.05, 0) is 63.6 Å². The zero-order valence-electron chi connectivity index (χ0n) is 15.3. The highest BCUT2D eigenvalue weighted by Gasteiger charge is 2.30. The van der Waals surface area contributed by atoms with Gasteiger partial charge in [-0.25, -0.2) is 13.2 Å². The number of ether oxygens (including phenoxy) is 1. The SMILES string of the molecule is CCOC(=O)c1c(C)[nH]c(C)c1S(=O)(=O)Nc1cccc2c1CCCC2. The molecule has 26 heavy (non-hydrogen) atoms. The summed E-state index contributed by atoms with van der Waals surface area (Å²) < 4.78 is 34.0. The normalized spacial score (nSPS) is 14.0. The number of hydrogen-bond donors (Lipinski definition) is 2. The fourth-order valence-electron chi connectivity index (χ4n) is 3.62. The summed E-state index contributed by atoms with van der Waals surface area (Å²) in [7, 11) is -3.93. The van der Waals surface area contributed by atoms with E-state index in [2.05, 4.69) is 9.71 Å². The van der Waals surface area contributed by atoms with Gasteiger partial charge in [-0.15, -0.1) is 0 Å². The summed E-state index contributed by atoms with van der Waals surface area (Å²) in [4.78, 5) is 15.2. The predicted octanol–water partition coefficient (Wildman–Crippen LogP) is 3.49. The van der Waals surface area contributed by atoms with Gasteiger partial charge in [0.1, 0.15) is 10.5 Å². The Balaban J connectivity index is 2.04. The van der Waals surface area contributed by atoms with Gasteiger partial charge in [-0.3, -0.25) is 4.72 Å². The van der Waals surface area contributed by atoms with Crippen LogP contribution in [0.1, 0.15) is 52.6 Å². The van der Waals surface area contributed by atoms with Gasteiger partial charge in [-0.1, -0.05) is 12.1 Å². The number of sulfonamides is 1. The molecule has 0 unspecified atom stereocenters. The van der Waals surface area contributed by atoms with Crippen molar-refractivity contribution < 1.29 is 17.9 Å². The lowest BCUT2D eigenvalue weighted by atomic mass is 9.91. The highest BCUT2D eigenvalue weighted by molar-refractivity contribution is 7.92. The fourth-order valence-corrected chi connectivity index (χ4v) is 5.16. The van der Waals surface area contributed by atoms with Crippen molar-refractivity contribution in [3.63, 3.8) is 0 Å². The van der Waals surface area contributed by atoms with Crippen molar-refractivity contribution in [2.45, 2.75) is 51.3 Å². The van der Waals surface area contributed by atoms with Crippen LogP contribution < -0.4 is 4.72 Å². The summed E-state index contributed by atoms with van der Waals surface area (Å²) in [5, 5.41) is 0. The van der Waals surface area contributed by atoms with Gasteiger partial charge in [0.15, 0.2) is 0 Å². The maximum atomic E-state index is 13.1. The molecular formula is C19H24N2O4S. The van der Waals surface area contributed by atoms with Gasteiger partial charge in [0.2, 0.25) is 0 Å². The molecule has 0 fully saturated rings. The smallest absolute Gasteiger partial charge is 0.341 e. The number of anilines is 1. The first-order chi connectivity index (χ1) is 12.3. The maximum absolute atomic E-state index is 13.1. The summed E-state index contributed by atoms with van der Waals surface area (Å²) in [6.45, 7) is 5.18. The molecule has 6 nitrogen and oxygen atoms in total. The Morgan fingerprint density at radius 1 is 1.19 bits per heavy atom. The molecule has 0 radical (unpaired) electrons. The lowest BCUT2D eigenvalue weighted by molar-refractivity contribution is 0.0521. The molecule has 0 bridgehead atoms. The average molecular weight is 376 g/mol. The second-order valence-electron chi connectivity index (χ2n) is 6.56. The Kier molecular flexibility index (Phi) is 5.09. The number of esters is 1. The molecule has 0 atom stereocenters. The van der Waals surface area contributed by atoms with E-state index in [0.29, 0.717) is 17.1 Å². The Hall–Kier alpha value is -2.28. The Labute approximate surface area is 154 Å². The zero-order valence-corrected chi connectivity index (χ0v) is 16.1. The zero-order chi connectivity index (χ0) is 18.9. The van der Waals surface area contributed by atoms with Crippen LogP contribution in [0.5, 0.6) is 0 Å². The minimum Gasteiger partial charge on any atom is -0.462 e. The van der Waals surface area contributed by atoms with E-state index >= 15 is 0 Å². The van der Waals surface area contributed by atoms with Gasteiger partial charge in [-0.2, -0.15) is 0 Å². The third-order valence-corrected chi connectivity index (χ3v) is 6.24. The first-order valence-electron chi connectivity index (χ1n) is 8.85. The summed E-state index contributed by atoms with van der Waals surface area (Å²) in [5.74, 6) is -0.634. The number of rotatable bonds is 5. The summed E-state index contributed by atoms with van der Waals surface area (Å²) in [6, 6.07) is 5.69. The number of benzene rings is 1. The predicted molar refractivity (Wildman–Crippen MR) is 100 cm³/mol. The van der Waals surface area contributed by atoms with E-state index in [1.54, 1.807) is 26.8 Å². The molecule has 1 aliphatic rings. The van der Waals surface area contributed by atoms with Crippen LogP contribution in [0.25, 0.3) is 0 Å². The van der Waals surface area contributed by atoms with E-state index in [9.17, 15) is 13.2 Å². The fraction of sp³-hybridized carbons (Fsp3) is 0.421. The van der Waals surface area contributed by atoms with E-state index in [0.717, 1.165) is 31.2 Å². The lowest BCUT2D eigenvalue weighted by Crippen LogP contribution is -2.19. The molecule has 140 valence electrons. The number of aromatic nitrogens is 1. The number of aryl methyl sites for hydroxylation is 3. The number of H-pyrrole nitrogens is 1. The molecule has 3 rings (SSSR count). The number of fused-ring (bicyclic) bond motifs is 1. The van der Waals surface area contributed by atoms with Crippen molar-refractivity contribution in [2.24, 2.45) is 0 Å². The largest absolute Gasteiger partial charge is 0.462 e. The molecule has 1 aliphatic carbocycles. The van der Waals surface area contributed by atoms with Gasteiger partial charge in [0.25, 0.3) is 10.0 Å². The van der Waals surface area contributed by atoms with Gasteiger partial charge in [0.05, 0.1) is 12.3 Å². The van der Waals surface area contributed by atoms with Crippen molar-refractivity contribution in [1.82, 2.24) is 4.98 Å². The molecule has 2 N–H and O–H groups in total. The van der Waals surface area contributed by atoms with Crippen molar-refractivity contribution in [3.8, 4) is 0 Å². The third kappa shape index (κ3) is 3.35. The second kappa shape index (κ2) is 7.15. The first kappa shape index (κ1) is 18.5. The number of aromatic amines is 1. The molecular weight excluding hydrogens is 352 g/mol. The maximum Gasteiger partial charge on any atom is 0.341 e. The summed E-state index contributed by atoms with van der Waals surface area (Å²) in [5.41, 5.74) is 3.80. The monoisotopic (exact) mass is 376 g/mol. The van der Waals surface area contributed by atoms with Crippen LogP contribution in [-0.2, 0) is 27.6 Å². The van der Waals surface area contributed by atoms with Gasteiger partial charge in [0, 0.05) is 11.4 Å². The minimum atomic E-state index is -3.93. The Bertz CT molecular complexity index is 945. The van der Waals surface area contributed by atoms with Crippen molar-refractivity contribution in [3.05, 3.63) is 46.3 Å². The van der Waals surface area contributed by atoms with E-state index in [4.69, 9.17) is 4.74 Å². The molecule has 1 aromatic carbocycles. The van der Waals surface area contributed by atoms with Crippen LogP contribution in [0, 0.1) is 13.8 Å². The number of carbonyl (C=O) groups is 1. The molecule has 0 saturated heterocycles. The van der Waals surface area contributed by atoms with E-state index in [-0.39, 0.29) is 17.1 Å². The summed E-state index contributed by atoms with van der Waals surface area (Å²) >= 11 is 0. The number of carbonyl (C=O) groups excluding carboxylic acids is 1. The molecule has 0 aliphatic heterocycles. The Morgan fingerprint density at radius 3 is 2.65 bits per heavy atom. The quantitative estimate of drug-likeness (QED) is 0.782. The molecule has 1 heterocycles. The second-order valence-corrected chi connectivity index (χ2v) is 8.17. The van der Waals surface area contributed by atoms with E-state index in [1.807, 2.05) is 12.1 Å². The van der Waals surface area contributed by atoms with E-state index in [1.165, 1.54) is 5.56 Å². The van der Waals surface area contributed by atoms with E-state index < -0.39 is 16.0 Å². The molecule has 0 spiro atoms. The number of nitrogens with one attached hydrogen (secondary N) is 2. The highest BCUT2D eigenvalue weighted by Crippen LogP contribution is 2.31. The first-order valence-corrected chi connectivity index (χ1v) is 10.3. The highest BCUT2D eigenvalue weighted by atomic mass is 32.2. The Morgan fingerprint density at radius 2 is 1.92 bits per heavy atom. The van der Waals surface area contributed by atoms with Crippen LogP contribution in [-0.4, -0.2) is 26.0 Å². The number of hydrogen-bond acceptors (Lipinski definition) is 4. The van der Waals surface area contributed by atoms with Crippen molar-refractivity contribution in [2.75, 3.05) is 11.3 Å². The van der Waals surface area contributed by atoms with Crippen LogP contribution in [0.3, 0.4) is 0 Å². The van der Waals surface area contributed by atoms with Crippen LogP contribution >= 0.6 is 0 Å². The average Bonchev–Trinajstić information content (AvgIpc) is 2.90. The third-order valence-electron chi connectivity index (χ3n) is 4.71. The van der Waals surface area contributed by atoms with Crippen molar-refractivity contribution in [1.29, 1.82) is 0 Å². The van der Waals surface area contributed by atoms with Crippen LogP contribution in [0.4, 0.5) is 5.69 Å². The van der Waals surface area contributed by atoms with Gasteiger partial charge >= 0.3 is 5.97 Å². The minimum absolute atomic E-state index is 0.0399. The van der Waals surface area contributed by atoms with Gasteiger partial charge < -0.3 is 9.72 Å². The summed E-state index contributed by atoms with van der Waals surface area (Å²) in [6.07, 6.45) is 3.97.